The number of anilines is 1. The molecule has 1 aliphatic heterocycles. The van der Waals surface area contributed by atoms with Crippen molar-refractivity contribution >= 4 is 23.4 Å². The summed E-state index contributed by atoms with van der Waals surface area (Å²) in [5.74, 6) is -0.277. The predicted octanol–water partition coefficient (Wildman–Crippen LogP) is 1.31. The zero-order chi connectivity index (χ0) is 23.0. The molecule has 1 aromatic carbocycles. The standard InChI is InChI=1S/C23H37N5O3/c1-18-7-9-19(10-8-18)24-20(29)15-26(5)22(31)17-28-12-6-11-27(13-14-28)16-21(30)25-23(2,3)4/h7-10H,6,11-17H2,1-5H3,(H,24,29)(H,25,30). The van der Waals surface area contributed by atoms with Crippen molar-refractivity contribution in [2.75, 3.05) is 58.2 Å². The number of likely N-dealkylation sites (N-methyl/N-ethyl adjacent to an activating group) is 1. The van der Waals surface area contributed by atoms with Crippen LogP contribution in [0.5, 0.6) is 0 Å². The molecule has 0 atom stereocenters. The van der Waals surface area contributed by atoms with Crippen molar-refractivity contribution in [1.29, 1.82) is 0 Å². The third kappa shape index (κ3) is 9.48. The topological polar surface area (TPSA) is 85.0 Å². The molecule has 172 valence electrons. The highest BCUT2D eigenvalue weighted by atomic mass is 16.2. The van der Waals surface area contributed by atoms with E-state index in [1.165, 1.54) is 4.90 Å². The summed E-state index contributed by atoms with van der Waals surface area (Å²) in [7, 11) is 1.65. The van der Waals surface area contributed by atoms with E-state index in [0.29, 0.717) is 6.54 Å². The lowest BCUT2D eigenvalue weighted by molar-refractivity contribution is -0.134. The van der Waals surface area contributed by atoms with Gasteiger partial charge in [-0.05, 0) is 59.3 Å². The van der Waals surface area contributed by atoms with Crippen LogP contribution in [0.25, 0.3) is 0 Å². The first-order valence-corrected chi connectivity index (χ1v) is 10.9. The highest BCUT2D eigenvalue weighted by Crippen LogP contribution is 2.09. The molecule has 1 fully saturated rings. The molecule has 0 saturated carbocycles. The van der Waals surface area contributed by atoms with Gasteiger partial charge in [-0.25, -0.2) is 0 Å². The third-order valence-electron chi connectivity index (χ3n) is 5.06. The van der Waals surface area contributed by atoms with Crippen LogP contribution in [0.1, 0.15) is 32.8 Å². The predicted molar refractivity (Wildman–Crippen MR) is 123 cm³/mol. The third-order valence-corrected chi connectivity index (χ3v) is 5.06. The van der Waals surface area contributed by atoms with E-state index < -0.39 is 0 Å². The lowest BCUT2D eigenvalue weighted by Gasteiger charge is -2.25. The van der Waals surface area contributed by atoms with Gasteiger partial charge in [0.2, 0.25) is 17.7 Å². The number of benzene rings is 1. The van der Waals surface area contributed by atoms with E-state index >= 15 is 0 Å². The zero-order valence-electron chi connectivity index (χ0n) is 19.5. The van der Waals surface area contributed by atoms with Crippen LogP contribution in [0.3, 0.4) is 0 Å². The number of amides is 3. The molecule has 8 heteroatoms. The molecule has 0 aromatic heterocycles. The second kappa shape index (κ2) is 11.2. The Morgan fingerprint density at radius 1 is 0.935 bits per heavy atom. The Kier molecular flexibility index (Phi) is 9.00. The Morgan fingerprint density at radius 2 is 1.52 bits per heavy atom. The summed E-state index contributed by atoms with van der Waals surface area (Å²) in [5.41, 5.74) is 1.60. The minimum absolute atomic E-state index is 0.0135. The molecule has 0 spiro atoms. The number of nitrogens with one attached hydrogen (secondary N) is 2. The Morgan fingerprint density at radius 3 is 2.10 bits per heavy atom. The number of hydrogen-bond donors (Lipinski definition) is 2. The molecule has 2 rings (SSSR count). The lowest BCUT2D eigenvalue weighted by atomic mass is 10.1. The van der Waals surface area contributed by atoms with E-state index in [-0.39, 0.29) is 36.3 Å². The second-order valence-corrected chi connectivity index (χ2v) is 9.37. The Bertz CT molecular complexity index is 757. The first-order valence-electron chi connectivity index (χ1n) is 10.9. The molecule has 8 nitrogen and oxygen atoms in total. The summed E-state index contributed by atoms with van der Waals surface area (Å²) < 4.78 is 0. The number of rotatable bonds is 7. The fourth-order valence-corrected chi connectivity index (χ4v) is 3.45. The zero-order valence-corrected chi connectivity index (χ0v) is 19.5. The summed E-state index contributed by atoms with van der Waals surface area (Å²) in [5, 5.41) is 5.81. The van der Waals surface area contributed by atoms with Gasteiger partial charge in [-0.2, -0.15) is 0 Å². The maximum atomic E-state index is 12.6. The van der Waals surface area contributed by atoms with Gasteiger partial charge in [0, 0.05) is 31.4 Å². The molecule has 2 N–H and O–H groups in total. The number of carbonyl (C=O) groups excluding carboxylic acids is 3. The molecule has 0 bridgehead atoms. The number of nitrogens with zero attached hydrogens (tertiary/aromatic N) is 3. The molecule has 0 unspecified atom stereocenters. The maximum absolute atomic E-state index is 12.6. The SMILES string of the molecule is Cc1ccc(NC(=O)CN(C)C(=O)CN2CCCN(CC(=O)NC(C)(C)C)CC2)cc1. The fourth-order valence-electron chi connectivity index (χ4n) is 3.45. The second-order valence-electron chi connectivity index (χ2n) is 9.37. The molecule has 0 aliphatic carbocycles. The van der Waals surface area contributed by atoms with Crippen molar-refractivity contribution in [1.82, 2.24) is 20.0 Å². The normalized spacial score (nSPS) is 15.8. The van der Waals surface area contributed by atoms with Gasteiger partial charge in [0.1, 0.15) is 0 Å². The van der Waals surface area contributed by atoms with Gasteiger partial charge < -0.3 is 15.5 Å². The van der Waals surface area contributed by atoms with Crippen LogP contribution in [-0.4, -0.2) is 90.8 Å². The fraction of sp³-hybridized carbons (Fsp3) is 0.609. The van der Waals surface area contributed by atoms with Crippen molar-refractivity contribution in [2.24, 2.45) is 0 Å². The van der Waals surface area contributed by atoms with Gasteiger partial charge in [-0.3, -0.25) is 24.2 Å². The molecule has 1 aromatic rings. The van der Waals surface area contributed by atoms with E-state index in [1.54, 1.807) is 7.05 Å². The molecule has 31 heavy (non-hydrogen) atoms. The summed E-state index contributed by atoms with van der Waals surface area (Å²) in [6.45, 7) is 11.6. The average Bonchev–Trinajstić information content (AvgIpc) is 2.87. The Labute approximate surface area is 185 Å². The first kappa shape index (κ1) is 24.8. The Hall–Kier alpha value is -2.45. The largest absolute Gasteiger partial charge is 0.350 e. The van der Waals surface area contributed by atoms with Crippen LogP contribution in [0.4, 0.5) is 5.69 Å². The van der Waals surface area contributed by atoms with Crippen molar-refractivity contribution in [3.63, 3.8) is 0 Å². The van der Waals surface area contributed by atoms with Crippen LogP contribution >= 0.6 is 0 Å². The molecule has 3 amide bonds. The summed E-state index contributed by atoms with van der Waals surface area (Å²) in [6.07, 6.45) is 0.897. The molecule has 1 heterocycles. The van der Waals surface area contributed by atoms with Gasteiger partial charge in [-0.15, -0.1) is 0 Å². The van der Waals surface area contributed by atoms with Crippen LogP contribution in [0.15, 0.2) is 24.3 Å². The van der Waals surface area contributed by atoms with Gasteiger partial charge in [0.15, 0.2) is 0 Å². The van der Waals surface area contributed by atoms with Crippen LogP contribution in [-0.2, 0) is 14.4 Å². The molecule has 1 aliphatic rings. The van der Waals surface area contributed by atoms with Crippen molar-refractivity contribution in [3.8, 4) is 0 Å². The number of aryl methyl sites for hydroxylation is 1. The first-order chi connectivity index (χ1) is 14.5. The van der Waals surface area contributed by atoms with Gasteiger partial charge in [-0.1, -0.05) is 17.7 Å². The van der Waals surface area contributed by atoms with Crippen LogP contribution < -0.4 is 10.6 Å². The van der Waals surface area contributed by atoms with Crippen molar-refractivity contribution in [3.05, 3.63) is 29.8 Å². The summed E-state index contributed by atoms with van der Waals surface area (Å²) >= 11 is 0. The monoisotopic (exact) mass is 431 g/mol. The van der Waals surface area contributed by atoms with Crippen LogP contribution in [0.2, 0.25) is 0 Å². The van der Waals surface area contributed by atoms with Crippen molar-refractivity contribution in [2.45, 2.75) is 39.7 Å². The molecular weight excluding hydrogens is 394 g/mol. The summed E-state index contributed by atoms with van der Waals surface area (Å²) in [6, 6.07) is 7.55. The van der Waals surface area contributed by atoms with Gasteiger partial charge >= 0.3 is 0 Å². The van der Waals surface area contributed by atoms with Gasteiger partial charge in [0.05, 0.1) is 19.6 Å². The van der Waals surface area contributed by atoms with Gasteiger partial charge in [0.25, 0.3) is 0 Å². The number of hydrogen-bond acceptors (Lipinski definition) is 5. The van der Waals surface area contributed by atoms with E-state index in [4.69, 9.17) is 0 Å². The molecule has 0 radical (unpaired) electrons. The average molecular weight is 432 g/mol. The van der Waals surface area contributed by atoms with E-state index in [0.717, 1.165) is 43.9 Å². The molecular formula is C23H37N5O3. The quantitative estimate of drug-likeness (QED) is 0.680. The highest BCUT2D eigenvalue weighted by Gasteiger charge is 2.22. The highest BCUT2D eigenvalue weighted by molar-refractivity contribution is 5.94. The minimum atomic E-state index is -0.238. The van der Waals surface area contributed by atoms with Crippen molar-refractivity contribution < 1.29 is 14.4 Å². The Balaban J connectivity index is 1.75. The maximum Gasteiger partial charge on any atom is 0.243 e. The minimum Gasteiger partial charge on any atom is -0.350 e. The lowest BCUT2D eigenvalue weighted by Crippen LogP contribution is -2.46. The number of carbonyl (C=O) groups is 3. The van der Waals surface area contributed by atoms with E-state index in [2.05, 4.69) is 20.4 Å². The smallest absolute Gasteiger partial charge is 0.243 e. The van der Waals surface area contributed by atoms with Crippen LogP contribution in [0, 0.1) is 6.92 Å². The van der Waals surface area contributed by atoms with E-state index in [1.807, 2.05) is 52.0 Å². The molecule has 1 saturated heterocycles. The summed E-state index contributed by atoms with van der Waals surface area (Å²) in [4.78, 5) is 42.7. The van der Waals surface area contributed by atoms with E-state index in [9.17, 15) is 14.4 Å².